The molecule has 0 saturated heterocycles. The van der Waals surface area contributed by atoms with Gasteiger partial charge in [0.25, 0.3) is 5.69 Å². The number of Topliss-reactive ketones (excluding diaryl/α,β-unsaturated/α-hetero) is 1. The standard InChI is InChI=1S/C29H33NO7/c1-28-13-11-20(31)15-19(28)7-8-21-22-9-10-24(29(22,2)14-12-23(21)28)26(32)17-37-27(33)36-16-18-5-3-4-6-25(18)30(34)35/h3-6,11,13,15,21-24H,7-10,12,14,16-17H2,1-2H3/t21-,22-,23-,24+,28-,29-/m0/s1. The summed E-state index contributed by atoms with van der Waals surface area (Å²) in [6, 6.07) is 6.02. The number of allylic oxidation sites excluding steroid dienone is 4. The van der Waals surface area contributed by atoms with E-state index in [0.29, 0.717) is 17.8 Å². The minimum atomic E-state index is -1.01. The molecule has 1 aromatic rings. The van der Waals surface area contributed by atoms with Crippen LogP contribution in [0.15, 0.2) is 48.1 Å². The summed E-state index contributed by atoms with van der Waals surface area (Å²) in [7, 11) is 0. The lowest BCUT2D eigenvalue weighted by atomic mass is 9.47. The van der Waals surface area contributed by atoms with E-state index in [2.05, 4.69) is 19.9 Å². The second kappa shape index (κ2) is 9.54. The van der Waals surface area contributed by atoms with E-state index in [0.717, 1.165) is 38.5 Å². The minimum absolute atomic E-state index is 0.0821. The molecular weight excluding hydrogens is 474 g/mol. The number of nitro groups is 1. The lowest BCUT2D eigenvalue weighted by molar-refractivity contribution is -0.385. The van der Waals surface area contributed by atoms with E-state index >= 15 is 0 Å². The molecule has 0 heterocycles. The van der Waals surface area contributed by atoms with Crippen molar-refractivity contribution in [1.29, 1.82) is 0 Å². The second-order valence-corrected chi connectivity index (χ2v) is 11.5. The van der Waals surface area contributed by atoms with Crippen molar-refractivity contribution < 1.29 is 28.8 Å². The second-order valence-electron chi connectivity index (χ2n) is 11.5. The fraction of sp³-hybridized carbons (Fsp3) is 0.552. The number of hydrogen-bond acceptors (Lipinski definition) is 7. The molecule has 0 radical (unpaired) electrons. The third kappa shape index (κ3) is 4.40. The number of carbonyl (C=O) groups excluding carboxylic acids is 3. The van der Waals surface area contributed by atoms with Crippen LogP contribution in [0.3, 0.4) is 0 Å². The van der Waals surface area contributed by atoms with Crippen molar-refractivity contribution in [2.45, 2.75) is 59.0 Å². The van der Waals surface area contributed by atoms with E-state index in [1.165, 1.54) is 23.8 Å². The molecule has 0 bridgehead atoms. The van der Waals surface area contributed by atoms with Gasteiger partial charge in [-0.15, -0.1) is 0 Å². The Balaban J connectivity index is 1.19. The van der Waals surface area contributed by atoms with Gasteiger partial charge in [-0.1, -0.05) is 37.6 Å². The third-order valence-corrected chi connectivity index (χ3v) is 9.81. The lowest BCUT2D eigenvalue weighted by Gasteiger charge is -2.56. The maximum Gasteiger partial charge on any atom is 0.509 e. The van der Waals surface area contributed by atoms with Crippen LogP contribution in [0.4, 0.5) is 10.5 Å². The number of carbonyl (C=O) groups is 3. The van der Waals surface area contributed by atoms with Gasteiger partial charge in [0.15, 0.2) is 18.2 Å². The van der Waals surface area contributed by atoms with Crippen LogP contribution in [0, 0.1) is 44.6 Å². The fourth-order valence-electron chi connectivity index (χ4n) is 7.95. The van der Waals surface area contributed by atoms with Crippen LogP contribution in [-0.2, 0) is 25.7 Å². The topological polar surface area (TPSA) is 113 Å². The average Bonchev–Trinajstić information content (AvgIpc) is 3.24. The molecule has 5 rings (SSSR count). The highest BCUT2D eigenvalue weighted by molar-refractivity contribution is 6.01. The number of para-hydroxylation sites is 1. The molecular formula is C29H33NO7. The Morgan fingerprint density at radius 1 is 1.08 bits per heavy atom. The van der Waals surface area contributed by atoms with Crippen molar-refractivity contribution in [3.05, 3.63) is 63.7 Å². The number of nitrogens with zero attached hydrogens (tertiary/aromatic N) is 1. The van der Waals surface area contributed by atoms with Gasteiger partial charge in [-0.25, -0.2) is 4.79 Å². The zero-order chi connectivity index (χ0) is 26.4. The van der Waals surface area contributed by atoms with Crippen LogP contribution >= 0.6 is 0 Å². The molecule has 3 fully saturated rings. The van der Waals surface area contributed by atoms with E-state index in [1.54, 1.807) is 12.1 Å². The van der Waals surface area contributed by atoms with Crippen LogP contribution in [0.2, 0.25) is 0 Å². The molecule has 0 amide bonds. The molecule has 0 aliphatic heterocycles. The van der Waals surface area contributed by atoms with Gasteiger partial charge >= 0.3 is 6.16 Å². The Hall–Kier alpha value is -3.29. The number of ketones is 2. The maximum atomic E-state index is 13.2. The predicted molar refractivity (Wildman–Crippen MR) is 134 cm³/mol. The molecule has 196 valence electrons. The van der Waals surface area contributed by atoms with Crippen molar-refractivity contribution in [2.24, 2.45) is 34.5 Å². The number of fused-ring (bicyclic) bond motifs is 5. The van der Waals surface area contributed by atoms with Gasteiger partial charge in [0.05, 0.1) is 10.5 Å². The molecule has 4 aliphatic carbocycles. The summed E-state index contributed by atoms with van der Waals surface area (Å²) in [4.78, 5) is 48.0. The first kappa shape index (κ1) is 25.4. The molecule has 4 aliphatic rings. The van der Waals surface area contributed by atoms with Gasteiger partial charge in [0.1, 0.15) is 6.61 Å². The van der Waals surface area contributed by atoms with Gasteiger partial charge in [0.2, 0.25) is 0 Å². The van der Waals surface area contributed by atoms with Crippen LogP contribution < -0.4 is 0 Å². The molecule has 1 aromatic carbocycles. The number of rotatable bonds is 6. The van der Waals surface area contributed by atoms with Gasteiger partial charge in [-0.3, -0.25) is 19.7 Å². The molecule has 8 nitrogen and oxygen atoms in total. The molecule has 0 unspecified atom stereocenters. The highest BCUT2D eigenvalue weighted by Crippen LogP contribution is 2.66. The minimum Gasteiger partial charge on any atom is -0.429 e. The number of ether oxygens (including phenoxy) is 2. The fourth-order valence-corrected chi connectivity index (χ4v) is 7.95. The molecule has 8 heteroatoms. The van der Waals surface area contributed by atoms with E-state index in [-0.39, 0.29) is 52.8 Å². The largest absolute Gasteiger partial charge is 0.509 e. The summed E-state index contributed by atoms with van der Waals surface area (Å²) in [5.41, 5.74) is 1.16. The SMILES string of the molecule is C[C@]12CC[C@H]3[C@@H](CCC4=CC(=O)C=C[C@@]43C)[C@@H]1CC[C@@H]2C(=O)COC(=O)OCc1ccccc1[N+](=O)[O-]. The number of benzene rings is 1. The summed E-state index contributed by atoms with van der Waals surface area (Å²) >= 11 is 0. The van der Waals surface area contributed by atoms with Gasteiger partial charge in [0, 0.05) is 17.4 Å². The number of nitro benzene ring substituents is 1. The van der Waals surface area contributed by atoms with Gasteiger partial charge < -0.3 is 9.47 Å². The Labute approximate surface area is 216 Å². The molecule has 3 saturated carbocycles. The van der Waals surface area contributed by atoms with Crippen molar-refractivity contribution in [3.8, 4) is 0 Å². The zero-order valence-electron chi connectivity index (χ0n) is 21.3. The Kier molecular flexibility index (Phi) is 6.54. The van der Waals surface area contributed by atoms with Crippen LogP contribution in [0.1, 0.15) is 57.9 Å². The number of hydrogen-bond donors (Lipinski definition) is 0. The normalized spacial score (nSPS) is 34.0. The first-order valence-corrected chi connectivity index (χ1v) is 13.1. The van der Waals surface area contributed by atoms with Crippen LogP contribution in [0.5, 0.6) is 0 Å². The summed E-state index contributed by atoms with van der Waals surface area (Å²) in [5.74, 6) is 1.22. The van der Waals surface area contributed by atoms with Crippen molar-refractivity contribution >= 4 is 23.4 Å². The van der Waals surface area contributed by atoms with E-state index < -0.39 is 11.1 Å². The highest BCUT2D eigenvalue weighted by Gasteiger charge is 2.59. The first-order valence-electron chi connectivity index (χ1n) is 13.1. The molecule has 6 atom stereocenters. The zero-order valence-corrected chi connectivity index (χ0v) is 21.3. The molecule has 0 N–H and O–H groups in total. The maximum absolute atomic E-state index is 13.2. The third-order valence-electron chi connectivity index (χ3n) is 9.81. The van der Waals surface area contributed by atoms with Crippen molar-refractivity contribution in [1.82, 2.24) is 0 Å². The average molecular weight is 508 g/mol. The first-order chi connectivity index (χ1) is 17.6. The van der Waals surface area contributed by atoms with E-state index in [4.69, 9.17) is 9.47 Å². The Bertz CT molecular complexity index is 1200. The summed E-state index contributed by atoms with van der Waals surface area (Å²) < 4.78 is 10.2. The van der Waals surface area contributed by atoms with Crippen LogP contribution in [0.25, 0.3) is 0 Å². The monoisotopic (exact) mass is 507 g/mol. The molecule has 37 heavy (non-hydrogen) atoms. The summed E-state index contributed by atoms with van der Waals surface area (Å²) in [6.07, 6.45) is 10.3. The van der Waals surface area contributed by atoms with E-state index in [1.807, 2.05) is 6.08 Å². The highest BCUT2D eigenvalue weighted by atomic mass is 16.7. The quantitative estimate of drug-likeness (QED) is 0.274. The summed E-state index contributed by atoms with van der Waals surface area (Å²) in [5, 5.41) is 11.1. The van der Waals surface area contributed by atoms with Gasteiger partial charge in [-0.2, -0.15) is 0 Å². The molecule has 0 spiro atoms. The summed E-state index contributed by atoms with van der Waals surface area (Å²) in [6.45, 7) is 3.84. The van der Waals surface area contributed by atoms with Gasteiger partial charge in [-0.05, 0) is 79.9 Å². The predicted octanol–water partition coefficient (Wildman–Crippen LogP) is 5.74. The Morgan fingerprint density at radius 3 is 2.65 bits per heavy atom. The smallest absolute Gasteiger partial charge is 0.429 e. The Morgan fingerprint density at radius 2 is 1.86 bits per heavy atom. The van der Waals surface area contributed by atoms with E-state index in [9.17, 15) is 24.5 Å². The lowest BCUT2D eigenvalue weighted by Crippen LogP contribution is -2.50. The van der Waals surface area contributed by atoms with Crippen molar-refractivity contribution in [3.63, 3.8) is 0 Å². The van der Waals surface area contributed by atoms with Crippen LogP contribution in [-0.4, -0.2) is 29.3 Å². The molecule has 0 aromatic heterocycles. The van der Waals surface area contributed by atoms with Crippen molar-refractivity contribution in [2.75, 3.05) is 6.61 Å².